The normalized spacial score (nSPS) is 11.7. The summed E-state index contributed by atoms with van der Waals surface area (Å²) in [6.07, 6.45) is 0.868. The topological polar surface area (TPSA) is 84.2 Å². The summed E-state index contributed by atoms with van der Waals surface area (Å²) in [4.78, 5) is 22.8. The maximum Gasteiger partial charge on any atom is 0.243 e. The van der Waals surface area contributed by atoms with Gasteiger partial charge in [0.15, 0.2) is 0 Å². The predicted molar refractivity (Wildman–Crippen MR) is 70.9 cm³/mol. The van der Waals surface area contributed by atoms with Crippen molar-refractivity contribution in [2.24, 2.45) is 5.73 Å². The number of carbonyl (C=O) groups excluding carboxylic acids is 2. The number of anilines is 1. The molecule has 1 aromatic carbocycles. The lowest BCUT2D eigenvalue weighted by Crippen LogP contribution is -2.33. The Kier molecular flexibility index (Phi) is 5.95. The minimum atomic E-state index is -0.373. The van der Waals surface area contributed by atoms with Gasteiger partial charge in [-0.3, -0.25) is 9.59 Å². The van der Waals surface area contributed by atoms with E-state index in [9.17, 15) is 14.0 Å². The fraction of sp³-hybridized carbons (Fsp3) is 0.385. The lowest BCUT2D eigenvalue weighted by Gasteiger charge is -2.08. The Balaban J connectivity index is 2.28. The molecule has 0 aliphatic carbocycles. The summed E-state index contributed by atoms with van der Waals surface area (Å²) >= 11 is 0. The molecule has 5 nitrogen and oxygen atoms in total. The van der Waals surface area contributed by atoms with Gasteiger partial charge in [-0.1, -0.05) is 0 Å². The second-order valence-corrected chi connectivity index (χ2v) is 4.35. The van der Waals surface area contributed by atoms with Gasteiger partial charge in [-0.2, -0.15) is 0 Å². The fourth-order valence-corrected chi connectivity index (χ4v) is 1.36. The summed E-state index contributed by atoms with van der Waals surface area (Å²) in [5, 5.41) is 5.03. The minimum absolute atomic E-state index is 0.0428. The van der Waals surface area contributed by atoms with E-state index in [1.54, 1.807) is 0 Å². The van der Waals surface area contributed by atoms with Crippen molar-refractivity contribution in [1.82, 2.24) is 5.32 Å². The molecule has 0 aromatic heterocycles. The summed E-state index contributed by atoms with van der Waals surface area (Å²) in [7, 11) is 0. The van der Waals surface area contributed by atoms with Crippen LogP contribution in [0.4, 0.5) is 10.1 Å². The highest BCUT2D eigenvalue weighted by molar-refractivity contribution is 5.94. The zero-order valence-corrected chi connectivity index (χ0v) is 10.8. The monoisotopic (exact) mass is 267 g/mol. The molecular formula is C13H18FN3O2. The van der Waals surface area contributed by atoms with E-state index in [-0.39, 0.29) is 30.2 Å². The molecule has 19 heavy (non-hydrogen) atoms. The van der Waals surface area contributed by atoms with Crippen molar-refractivity contribution < 1.29 is 14.0 Å². The zero-order valence-electron chi connectivity index (χ0n) is 10.8. The molecule has 0 aliphatic heterocycles. The lowest BCUT2D eigenvalue weighted by atomic mass is 10.2. The molecule has 0 saturated heterocycles. The molecule has 1 aromatic rings. The Morgan fingerprint density at radius 1 is 1.26 bits per heavy atom. The van der Waals surface area contributed by atoms with Crippen LogP contribution in [-0.4, -0.2) is 24.4 Å². The van der Waals surface area contributed by atoms with E-state index in [1.165, 1.54) is 24.3 Å². The average molecular weight is 267 g/mol. The molecule has 2 amide bonds. The minimum Gasteiger partial charge on any atom is -0.347 e. The molecule has 0 fully saturated rings. The second kappa shape index (κ2) is 7.48. The van der Waals surface area contributed by atoms with Crippen LogP contribution >= 0.6 is 0 Å². The van der Waals surface area contributed by atoms with Crippen LogP contribution in [0.15, 0.2) is 24.3 Å². The van der Waals surface area contributed by atoms with E-state index in [2.05, 4.69) is 10.6 Å². The van der Waals surface area contributed by atoms with Crippen LogP contribution in [0, 0.1) is 5.82 Å². The summed E-state index contributed by atoms with van der Waals surface area (Å²) in [5.74, 6) is -0.950. The van der Waals surface area contributed by atoms with Gasteiger partial charge in [0.2, 0.25) is 11.8 Å². The number of hydrogen-bond donors (Lipinski definition) is 3. The van der Waals surface area contributed by atoms with Crippen molar-refractivity contribution in [3.63, 3.8) is 0 Å². The lowest BCUT2D eigenvalue weighted by molar-refractivity contribution is -0.124. The molecule has 0 spiro atoms. The van der Waals surface area contributed by atoms with Gasteiger partial charge >= 0.3 is 0 Å². The first-order valence-corrected chi connectivity index (χ1v) is 6.05. The maximum absolute atomic E-state index is 12.6. The summed E-state index contributed by atoms with van der Waals surface area (Å²) in [5.41, 5.74) is 6.00. The molecular weight excluding hydrogens is 249 g/mol. The van der Waals surface area contributed by atoms with Crippen LogP contribution in [0.3, 0.4) is 0 Å². The highest BCUT2D eigenvalue weighted by Gasteiger charge is 2.07. The smallest absolute Gasteiger partial charge is 0.243 e. The van der Waals surface area contributed by atoms with Gasteiger partial charge in [0.05, 0.1) is 6.54 Å². The molecule has 0 heterocycles. The third-order valence-electron chi connectivity index (χ3n) is 2.40. The van der Waals surface area contributed by atoms with Gasteiger partial charge in [0.25, 0.3) is 0 Å². The number of nitrogens with one attached hydrogen (secondary N) is 2. The third kappa shape index (κ3) is 6.52. The van der Waals surface area contributed by atoms with Gasteiger partial charge in [-0.15, -0.1) is 0 Å². The average Bonchev–Trinajstić information content (AvgIpc) is 2.36. The number of halogens is 1. The van der Waals surface area contributed by atoms with Crippen LogP contribution < -0.4 is 16.4 Å². The van der Waals surface area contributed by atoms with Crippen molar-refractivity contribution in [2.75, 3.05) is 11.9 Å². The largest absolute Gasteiger partial charge is 0.347 e. The number of rotatable bonds is 6. The molecule has 0 aliphatic rings. The van der Waals surface area contributed by atoms with E-state index in [1.807, 2.05) is 6.92 Å². The van der Waals surface area contributed by atoms with Crippen molar-refractivity contribution in [3.8, 4) is 0 Å². The number of hydrogen-bond acceptors (Lipinski definition) is 3. The fourth-order valence-electron chi connectivity index (χ4n) is 1.36. The van der Waals surface area contributed by atoms with Gasteiger partial charge < -0.3 is 16.4 Å². The van der Waals surface area contributed by atoms with Crippen molar-refractivity contribution in [1.29, 1.82) is 0 Å². The van der Waals surface area contributed by atoms with Gasteiger partial charge in [-0.05, 0) is 37.6 Å². The van der Waals surface area contributed by atoms with Crippen LogP contribution in [0.2, 0.25) is 0 Å². The number of nitrogens with two attached hydrogens (primary N) is 1. The van der Waals surface area contributed by atoms with Crippen LogP contribution in [0.25, 0.3) is 0 Å². The highest BCUT2D eigenvalue weighted by atomic mass is 19.1. The van der Waals surface area contributed by atoms with Gasteiger partial charge in [0, 0.05) is 18.2 Å². The van der Waals surface area contributed by atoms with Crippen molar-refractivity contribution >= 4 is 17.5 Å². The molecule has 0 bridgehead atoms. The Hall–Kier alpha value is -1.95. The standard InChI is InChI=1S/C13H18FN3O2/c1-9(15)2-7-12(18)16-8-13(19)17-11-5-3-10(14)4-6-11/h3-6,9H,2,7-8,15H2,1H3,(H,16,18)(H,17,19). The van der Waals surface area contributed by atoms with Crippen molar-refractivity contribution in [2.45, 2.75) is 25.8 Å². The van der Waals surface area contributed by atoms with Crippen molar-refractivity contribution in [3.05, 3.63) is 30.1 Å². The SMILES string of the molecule is CC(N)CCC(=O)NCC(=O)Nc1ccc(F)cc1. The van der Waals surface area contributed by atoms with Crippen LogP contribution in [0.5, 0.6) is 0 Å². The summed E-state index contributed by atoms with van der Waals surface area (Å²) in [6, 6.07) is 5.35. The van der Waals surface area contributed by atoms with Crippen LogP contribution in [0.1, 0.15) is 19.8 Å². The molecule has 104 valence electrons. The molecule has 1 atom stereocenters. The number of amides is 2. The predicted octanol–water partition coefficient (Wildman–Crippen LogP) is 1.01. The molecule has 0 radical (unpaired) electrons. The Bertz CT molecular complexity index is 432. The number of benzene rings is 1. The third-order valence-corrected chi connectivity index (χ3v) is 2.40. The zero-order chi connectivity index (χ0) is 14.3. The first-order chi connectivity index (χ1) is 8.97. The number of carbonyl (C=O) groups is 2. The van der Waals surface area contributed by atoms with Gasteiger partial charge in [-0.25, -0.2) is 4.39 Å². The Labute approximate surface area is 111 Å². The van der Waals surface area contributed by atoms with E-state index in [0.717, 1.165) is 0 Å². The van der Waals surface area contributed by atoms with E-state index < -0.39 is 0 Å². The summed E-state index contributed by atoms with van der Waals surface area (Å²) < 4.78 is 12.6. The molecule has 6 heteroatoms. The Morgan fingerprint density at radius 2 is 1.89 bits per heavy atom. The van der Waals surface area contributed by atoms with E-state index in [4.69, 9.17) is 5.73 Å². The Morgan fingerprint density at radius 3 is 2.47 bits per heavy atom. The van der Waals surface area contributed by atoms with E-state index >= 15 is 0 Å². The molecule has 0 saturated carbocycles. The second-order valence-electron chi connectivity index (χ2n) is 4.35. The van der Waals surface area contributed by atoms with Gasteiger partial charge in [0.1, 0.15) is 5.82 Å². The summed E-state index contributed by atoms with van der Waals surface area (Å²) in [6.45, 7) is 1.70. The maximum atomic E-state index is 12.6. The first kappa shape index (κ1) is 15.1. The highest BCUT2D eigenvalue weighted by Crippen LogP contribution is 2.07. The molecule has 4 N–H and O–H groups in total. The molecule has 1 unspecified atom stereocenters. The quantitative estimate of drug-likeness (QED) is 0.719. The van der Waals surface area contributed by atoms with E-state index in [0.29, 0.717) is 18.5 Å². The first-order valence-electron chi connectivity index (χ1n) is 6.05. The van der Waals surface area contributed by atoms with Crippen LogP contribution in [-0.2, 0) is 9.59 Å². The molecule has 1 rings (SSSR count).